The summed E-state index contributed by atoms with van der Waals surface area (Å²) in [5.41, 5.74) is 1.67. The quantitative estimate of drug-likeness (QED) is 0.738. The van der Waals surface area contributed by atoms with Gasteiger partial charge in [0.15, 0.2) is 0 Å². The molecule has 1 rings (SSSR count). The maximum absolute atomic E-state index is 5.68. The summed E-state index contributed by atoms with van der Waals surface area (Å²) in [5, 5.41) is 11.4. The second kappa shape index (κ2) is 5.29. The van der Waals surface area contributed by atoms with Crippen LogP contribution < -0.4 is 5.32 Å². The Morgan fingerprint density at radius 2 is 2.67 bits per heavy atom. The van der Waals surface area contributed by atoms with Crippen molar-refractivity contribution in [2.75, 3.05) is 24.9 Å². The van der Waals surface area contributed by atoms with E-state index in [1.807, 2.05) is 0 Å². The fourth-order valence-electron chi connectivity index (χ4n) is 0.737. The fraction of sp³-hybridized carbons (Fsp3) is 0.667. The van der Waals surface area contributed by atoms with E-state index in [2.05, 4.69) is 15.5 Å². The van der Waals surface area contributed by atoms with E-state index in [4.69, 9.17) is 16.3 Å². The first-order valence-electron chi connectivity index (χ1n) is 3.44. The topological polar surface area (TPSA) is 47.0 Å². The number of rotatable bonds is 5. The lowest BCUT2D eigenvalue weighted by atomic mass is 10.4. The van der Waals surface area contributed by atoms with Crippen molar-refractivity contribution in [3.63, 3.8) is 0 Å². The molecule has 12 heavy (non-hydrogen) atoms. The first kappa shape index (κ1) is 9.70. The average Bonchev–Trinajstić information content (AvgIpc) is 2.56. The summed E-state index contributed by atoms with van der Waals surface area (Å²) >= 11 is 7.12. The zero-order chi connectivity index (χ0) is 8.81. The highest BCUT2D eigenvalue weighted by atomic mass is 35.5. The highest BCUT2D eigenvalue weighted by Gasteiger charge is 2.07. The molecule has 0 aliphatic carbocycles. The number of alkyl halides is 1. The predicted octanol–water partition coefficient (Wildman–Crippen LogP) is 1.20. The molecule has 0 spiro atoms. The Morgan fingerprint density at radius 1 is 1.83 bits per heavy atom. The Labute approximate surface area is 79.9 Å². The average molecular weight is 208 g/mol. The molecule has 0 saturated heterocycles. The van der Waals surface area contributed by atoms with Crippen molar-refractivity contribution in [1.29, 1.82) is 0 Å². The fourth-order valence-corrected chi connectivity index (χ4v) is 1.43. The van der Waals surface area contributed by atoms with Crippen molar-refractivity contribution in [1.82, 2.24) is 10.2 Å². The maximum Gasteiger partial charge on any atom is 0.205 e. The minimum Gasteiger partial charge on any atom is -0.383 e. The van der Waals surface area contributed by atoms with E-state index in [-0.39, 0.29) is 6.04 Å². The van der Waals surface area contributed by atoms with Crippen molar-refractivity contribution < 1.29 is 4.74 Å². The number of anilines is 1. The van der Waals surface area contributed by atoms with Crippen LogP contribution in [0, 0.1) is 0 Å². The van der Waals surface area contributed by atoms with Crippen LogP contribution in [-0.4, -0.2) is 35.8 Å². The normalized spacial score (nSPS) is 12.8. The lowest BCUT2D eigenvalue weighted by Crippen LogP contribution is -2.26. The van der Waals surface area contributed by atoms with Crippen molar-refractivity contribution in [3.05, 3.63) is 5.51 Å². The lowest BCUT2D eigenvalue weighted by Gasteiger charge is -2.12. The van der Waals surface area contributed by atoms with Crippen LogP contribution in [0.2, 0.25) is 0 Å². The van der Waals surface area contributed by atoms with Gasteiger partial charge >= 0.3 is 0 Å². The van der Waals surface area contributed by atoms with Crippen molar-refractivity contribution in [3.8, 4) is 0 Å². The molecule has 1 unspecified atom stereocenters. The van der Waals surface area contributed by atoms with Crippen LogP contribution in [0.4, 0.5) is 5.13 Å². The molecule has 0 aliphatic heterocycles. The number of methoxy groups -OCH3 is 1. The van der Waals surface area contributed by atoms with E-state index in [9.17, 15) is 0 Å². The molecule has 0 radical (unpaired) electrons. The van der Waals surface area contributed by atoms with Gasteiger partial charge in [0.05, 0.1) is 12.6 Å². The molecular formula is C6H10ClN3OS. The van der Waals surface area contributed by atoms with Crippen LogP contribution in [0.25, 0.3) is 0 Å². The molecule has 1 aromatic rings. The number of aromatic nitrogens is 2. The summed E-state index contributed by atoms with van der Waals surface area (Å²) in [7, 11) is 1.64. The Kier molecular flexibility index (Phi) is 4.27. The highest BCUT2D eigenvalue weighted by Crippen LogP contribution is 2.10. The molecule has 0 aliphatic rings. The Bertz CT molecular complexity index is 207. The molecule has 68 valence electrons. The van der Waals surface area contributed by atoms with Gasteiger partial charge in [-0.15, -0.1) is 21.8 Å². The third kappa shape index (κ3) is 2.92. The molecule has 1 heterocycles. The monoisotopic (exact) mass is 207 g/mol. The van der Waals surface area contributed by atoms with Gasteiger partial charge in [0.1, 0.15) is 5.51 Å². The van der Waals surface area contributed by atoms with Crippen LogP contribution in [0.3, 0.4) is 0 Å². The number of hydrogen-bond acceptors (Lipinski definition) is 5. The third-order valence-electron chi connectivity index (χ3n) is 1.24. The molecule has 0 aromatic carbocycles. The zero-order valence-corrected chi connectivity index (χ0v) is 8.23. The van der Waals surface area contributed by atoms with Gasteiger partial charge in [-0.1, -0.05) is 11.3 Å². The third-order valence-corrected chi connectivity index (χ3v) is 2.24. The van der Waals surface area contributed by atoms with Crippen LogP contribution in [0.15, 0.2) is 5.51 Å². The van der Waals surface area contributed by atoms with E-state index in [0.717, 1.165) is 5.13 Å². The summed E-state index contributed by atoms with van der Waals surface area (Å²) in [5.74, 6) is 0.493. The molecule has 4 nitrogen and oxygen atoms in total. The number of nitrogens with zero attached hydrogens (tertiary/aromatic N) is 2. The smallest absolute Gasteiger partial charge is 0.205 e. The molecule has 1 aromatic heterocycles. The standard InChI is InChI=1S/C6H10ClN3OS/c1-11-3-5(2-7)9-6-10-8-4-12-6/h4-5H,2-3H2,1H3,(H,9,10). The second-order valence-corrected chi connectivity index (χ2v) is 3.34. The number of halogens is 1. The summed E-state index contributed by atoms with van der Waals surface area (Å²) < 4.78 is 4.95. The number of nitrogens with one attached hydrogen (secondary N) is 1. The molecule has 1 N–H and O–H groups in total. The summed E-state index contributed by atoms with van der Waals surface area (Å²) in [6.45, 7) is 0.573. The minimum atomic E-state index is 0.101. The van der Waals surface area contributed by atoms with E-state index in [1.165, 1.54) is 11.3 Å². The van der Waals surface area contributed by atoms with E-state index in [0.29, 0.717) is 12.5 Å². The Balaban J connectivity index is 2.37. The van der Waals surface area contributed by atoms with Crippen molar-refractivity contribution >= 4 is 28.1 Å². The lowest BCUT2D eigenvalue weighted by molar-refractivity contribution is 0.191. The summed E-state index contributed by atoms with van der Waals surface area (Å²) in [6.07, 6.45) is 0. The van der Waals surface area contributed by atoms with Gasteiger partial charge in [0.2, 0.25) is 5.13 Å². The van der Waals surface area contributed by atoms with Gasteiger partial charge in [-0.2, -0.15) is 0 Å². The molecule has 1 atom stereocenters. The second-order valence-electron chi connectivity index (χ2n) is 2.19. The maximum atomic E-state index is 5.68. The number of hydrogen-bond donors (Lipinski definition) is 1. The summed E-state index contributed by atoms with van der Waals surface area (Å²) in [6, 6.07) is 0.101. The molecule has 0 saturated carbocycles. The molecule has 0 bridgehead atoms. The van der Waals surface area contributed by atoms with E-state index < -0.39 is 0 Å². The van der Waals surface area contributed by atoms with Gasteiger partial charge < -0.3 is 10.1 Å². The van der Waals surface area contributed by atoms with Crippen molar-refractivity contribution in [2.24, 2.45) is 0 Å². The number of ether oxygens (including phenoxy) is 1. The van der Waals surface area contributed by atoms with Crippen LogP contribution in [0.1, 0.15) is 0 Å². The largest absolute Gasteiger partial charge is 0.383 e. The first-order valence-corrected chi connectivity index (χ1v) is 4.86. The molecule has 0 amide bonds. The van der Waals surface area contributed by atoms with Crippen LogP contribution in [-0.2, 0) is 4.74 Å². The molecule has 6 heteroatoms. The first-order chi connectivity index (χ1) is 5.86. The Morgan fingerprint density at radius 3 is 3.17 bits per heavy atom. The van der Waals surface area contributed by atoms with Gasteiger partial charge in [-0.3, -0.25) is 0 Å². The van der Waals surface area contributed by atoms with E-state index >= 15 is 0 Å². The minimum absolute atomic E-state index is 0.101. The van der Waals surface area contributed by atoms with Crippen molar-refractivity contribution in [2.45, 2.75) is 6.04 Å². The summed E-state index contributed by atoms with van der Waals surface area (Å²) in [4.78, 5) is 0. The van der Waals surface area contributed by atoms with Crippen LogP contribution in [0.5, 0.6) is 0 Å². The van der Waals surface area contributed by atoms with Gasteiger partial charge in [-0.25, -0.2) is 0 Å². The highest BCUT2D eigenvalue weighted by molar-refractivity contribution is 7.13. The SMILES string of the molecule is COCC(CCl)Nc1nncs1. The Hall–Kier alpha value is -0.390. The molecular weight excluding hydrogens is 198 g/mol. The van der Waals surface area contributed by atoms with Crippen LogP contribution >= 0.6 is 22.9 Å². The van der Waals surface area contributed by atoms with Gasteiger partial charge in [0.25, 0.3) is 0 Å². The zero-order valence-electron chi connectivity index (χ0n) is 6.66. The van der Waals surface area contributed by atoms with Gasteiger partial charge in [0, 0.05) is 13.0 Å². The molecule has 0 fully saturated rings. The predicted molar refractivity (Wildman–Crippen MR) is 49.9 cm³/mol. The van der Waals surface area contributed by atoms with E-state index in [1.54, 1.807) is 12.6 Å². The van der Waals surface area contributed by atoms with Gasteiger partial charge in [-0.05, 0) is 0 Å².